The lowest BCUT2D eigenvalue weighted by Crippen LogP contribution is -2.17. The molecule has 0 aliphatic heterocycles. The number of phenols is 3. The number of hydrogen-bond donors (Lipinski definition) is 3. The third-order valence-electron chi connectivity index (χ3n) is 5.91. The summed E-state index contributed by atoms with van der Waals surface area (Å²) in [4.78, 5) is 4.53. The van der Waals surface area contributed by atoms with Crippen LogP contribution in [0.5, 0.6) is 17.2 Å². The predicted molar refractivity (Wildman–Crippen MR) is 122 cm³/mol. The normalized spacial score (nSPS) is 19.5. The zero-order valence-electron chi connectivity index (χ0n) is 18.5. The van der Waals surface area contributed by atoms with E-state index in [4.69, 9.17) is 0 Å². The van der Waals surface area contributed by atoms with Gasteiger partial charge in [-0.1, -0.05) is 56.9 Å². The van der Waals surface area contributed by atoms with E-state index in [-0.39, 0.29) is 29.1 Å². The van der Waals surface area contributed by atoms with Crippen LogP contribution in [-0.4, -0.2) is 21.5 Å². The smallest absolute Gasteiger partial charge is 0.165 e. The summed E-state index contributed by atoms with van der Waals surface area (Å²) in [6.45, 7) is 12.4. The zero-order valence-corrected chi connectivity index (χ0v) is 18.5. The lowest BCUT2D eigenvalue weighted by atomic mass is 9.73. The molecule has 4 nitrogen and oxygen atoms in total. The minimum Gasteiger partial charge on any atom is -0.505 e. The predicted octanol–water partition coefficient (Wildman–Crippen LogP) is 7.05. The summed E-state index contributed by atoms with van der Waals surface area (Å²) in [6, 6.07) is 0. The van der Waals surface area contributed by atoms with Crippen LogP contribution < -0.4 is 0 Å². The number of hydrogen-bond acceptors (Lipinski definition) is 4. The summed E-state index contributed by atoms with van der Waals surface area (Å²) in [7, 11) is 0. The molecule has 0 heterocycles. The lowest BCUT2D eigenvalue weighted by molar-refractivity contribution is 0.371. The fourth-order valence-corrected chi connectivity index (χ4v) is 4.20. The van der Waals surface area contributed by atoms with Gasteiger partial charge >= 0.3 is 0 Å². The van der Waals surface area contributed by atoms with Gasteiger partial charge in [0.25, 0.3) is 0 Å². The molecule has 1 aromatic carbocycles. The van der Waals surface area contributed by atoms with Crippen molar-refractivity contribution in [1.82, 2.24) is 0 Å². The van der Waals surface area contributed by atoms with Gasteiger partial charge in [0.05, 0.1) is 0 Å². The summed E-state index contributed by atoms with van der Waals surface area (Å²) < 4.78 is 0. The molecule has 2 unspecified atom stereocenters. The quantitative estimate of drug-likeness (QED) is 0.137. The van der Waals surface area contributed by atoms with Crippen molar-refractivity contribution in [1.29, 1.82) is 0 Å². The van der Waals surface area contributed by atoms with Crippen molar-refractivity contribution >= 4 is 11.9 Å². The molecule has 1 aliphatic rings. The zero-order chi connectivity index (χ0) is 21.6. The van der Waals surface area contributed by atoms with Gasteiger partial charge in [-0.2, -0.15) is 0 Å². The minimum atomic E-state index is -0.225. The van der Waals surface area contributed by atoms with Crippen molar-refractivity contribution in [2.75, 3.05) is 0 Å². The lowest BCUT2D eigenvalue weighted by Gasteiger charge is -2.32. The molecular weight excluding hydrogens is 362 g/mol. The molecule has 1 aliphatic carbocycles. The van der Waals surface area contributed by atoms with Crippen LogP contribution in [-0.2, 0) is 6.42 Å². The highest BCUT2D eigenvalue weighted by molar-refractivity contribution is 5.76. The van der Waals surface area contributed by atoms with Crippen molar-refractivity contribution in [3.63, 3.8) is 0 Å². The third kappa shape index (κ3) is 5.23. The Bertz CT molecular complexity index is 792. The minimum absolute atomic E-state index is 0.0126. The molecule has 0 radical (unpaired) electrons. The van der Waals surface area contributed by atoms with E-state index in [2.05, 4.69) is 38.4 Å². The van der Waals surface area contributed by atoms with Crippen LogP contribution in [0.15, 0.2) is 28.8 Å². The van der Waals surface area contributed by atoms with Crippen LogP contribution in [0.25, 0.3) is 0 Å². The Balaban J connectivity index is 2.66. The Hall–Kier alpha value is -2.23. The van der Waals surface area contributed by atoms with Gasteiger partial charge in [-0.15, -0.1) is 0 Å². The van der Waals surface area contributed by atoms with Gasteiger partial charge in [-0.25, -0.2) is 0 Å². The first-order valence-electron chi connectivity index (χ1n) is 11.0. The van der Waals surface area contributed by atoms with Gasteiger partial charge in [0.15, 0.2) is 11.5 Å². The summed E-state index contributed by atoms with van der Waals surface area (Å²) in [5.74, 6) is -0.494. The first kappa shape index (κ1) is 23.1. The molecule has 0 spiro atoms. The number of aliphatic imine (C=N–C) groups is 1. The summed E-state index contributed by atoms with van der Waals surface area (Å²) >= 11 is 0. The maximum absolute atomic E-state index is 11.2. The second-order valence-electron chi connectivity index (χ2n) is 8.37. The fourth-order valence-electron chi connectivity index (χ4n) is 4.20. The van der Waals surface area contributed by atoms with Gasteiger partial charge in [0.1, 0.15) is 11.4 Å². The van der Waals surface area contributed by atoms with Crippen LogP contribution in [0.2, 0.25) is 0 Å². The summed E-state index contributed by atoms with van der Waals surface area (Å²) in [5, 5.41) is 33.0. The van der Waals surface area contributed by atoms with E-state index in [1.807, 2.05) is 6.92 Å². The maximum Gasteiger partial charge on any atom is 0.165 e. The van der Waals surface area contributed by atoms with Gasteiger partial charge < -0.3 is 15.3 Å². The molecule has 0 bridgehead atoms. The Morgan fingerprint density at radius 1 is 1.14 bits per heavy atom. The number of unbranched alkanes of at least 4 members (excludes halogenated alkanes) is 3. The number of benzene rings is 1. The van der Waals surface area contributed by atoms with Gasteiger partial charge in [0.2, 0.25) is 0 Å². The highest BCUT2D eigenvalue weighted by Gasteiger charge is 2.33. The van der Waals surface area contributed by atoms with Crippen LogP contribution in [0.1, 0.15) is 89.7 Å². The summed E-state index contributed by atoms with van der Waals surface area (Å²) in [5.41, 5.74) is 3.54. The van der Waals surface area contributed by atoms with E-state index >= 15 is 0 Å². The largest absolute Gasteiger partial charge is 0.505 e. The molecule has 29 heavy (non-hydrogen) atoms. The van der Waals surface area contributed by atoms with E-state index in [1.54, 1.807) is 6.21 Å². The molecule has 2 atom stereocenters. The molecule has 1 aromatic rings. The molecular formula is C25H37NO3. The molecule has 3 N–H and O–H groups in total. The molecule has 4 heteroatoms. The number of phenolic OH excluding ortho intramolecular Hbond substituents is 3. The molecule has 0 saturated heterocycles. The average molecular weight is 400 g/mol. The SMILES string of the molecule is C=C(C)C1CCC(C)=CC1c1c(O)c(O)c(CCCCC)c(N=CCCC)c1O. The van der Waals surface area contributed by atoms with E-state index in [0.717, 1.165) is 50.5 Å². The number of allylic oxidation sites excluding steroid dienone is 3. The Kier molecular flexibility index (Phi) is 8.36. The first-order valence-corrected chi connectivity index (χ1v) is 11.0. The van der Waals surface area contributed by atoms with Crippen LogP contribution in [0, 0.1) is 5.92 Å². The average Bonchev–Trinajstić information content (AvgIpc) is 2.68. The topological polar surface area (TPSA) is 73.0 Å². The highest BCUT2D eigenvalue weighted by atomic mass is 16.3. The summed E-state index contributed by atoms with van der Waals surface area (Å²) in [6.07, 6.45) is 11.0. The number of nitrogens with zero attached hydrogens (tertiary/aromatic N) is 1. The Morgan fingerprint density at radius 3 is 2.48 bits per heavy atom. The molecule has 0 aromatic heterocycles. The number of aromatic hydroxyl groups is 3. The standard InChI is InChI=1S/C25H37NO3/c1-6-8-10-11-19-22(26-14-9-7-2)24(28)21(25(29)23(19)27)20-15-17(5)12-13-18(20)16(3)4/h14-15,18,20,27-29H,3,6-13H2,1-2,4-5H3. The monoisotopic (exact) mass is 399 g/mol. The second kappa shape index (κ2) is 10.5. The maximum atomic E-state index is 11.2. The Labute approximate surface area is 175 Å². The molecule has 2 rings (SSSR count). The second-order valence-corrected chi connectivity index (χ2v) is 8.37. The third-order valence-corrected chi connectivity index (χ3v) is 5.91. The fraction of sp³-hybridized carbons (Fsp3) is 0.560. The highest BCUT2D eigenvalue weighted by Crippen LogP contribution is 2.54. The first-order chi connectivity index (χ1) is 13.8. The van der Waals surface area contributed by atoms with Crippen LogP contribution in [0.3, 0.4) is 0 Å². The molecule has 0 amide bonds. The van der Waals surface area contributed by atoms with Gasteiger partial charge in [0, 0.05) is 23.3 Å². The van der Waals surface area contributed by atoms with Crippen molar-refractivity contribution < 1.29 is 15.3 Å². The van der Waals surface area contributed by atoms with Gasteiger partial charge in [-0.3, -0.25) is 4.99 Å². The van der Waals surface area contributed by atoms with Crippen LogP contribution in [0.4, 0.5) is 5.69 Å². The van der Waals surface area contributed by atoms with Crippen LogP contribution >= 0.6 is 0 Å². The van der Waals surface area contributed by atoms with E-state index in [9.17, 15) is 15.3 Å². The van der Waals surface area contributed by atoms with E-state index in [1.165, 1.54) is 5.57 Å². The van der Waals surface area contributed by atoms with Crippen molar-refractivity contribution in [3.05, 3.63) is 34.9 Å². The van der Waals surface area contributed by atoms with E-state index in [0.29, 0.717) is 23.2 Å². The molecule has 160 valence electrons. The van der Waals surface area contributed by atoms with Crippen molar-refractivity contribution in [3.8, 4) is 17.2 Å². The van der Waals surface area contributed by atoms with Crippen molar-refractivity contribution in [2.24, 2.45) is 10.9 Å². The number of rotatable bonds is 9. The molecule has 0 saturated carbocycles. The van der Waals surface area contributed by atoms with Crippen molar-refractivity contribution in [2.45, 2.75) is 85.0 Å². The Morgan fingerprint density at radius 2 is 1.86 bits per heavy atom. The van der Waals surface area contributed by atoms with E-state index < -0.39 is 0 Å². The van der Waals surface area contributed by atoms with Gasteiger partial charge in [-0.05, 0) is 51.9 Å². The molecule has 0 fully saturated rings.